The van der Waals surface area contributed by atoms with Crippen molar-refractivity contribution in [2.24, 2.45) is 5.92 Å². The summed E-state index contributed by atoms with van der Waals surface area (Å²) in [5, 5.41) is 8.82. The van der Waals surface area contributed by atoms with Gasteiger partial charge in [-0.25, -0.2) is 13.1 Å². The summed E-state index contributed by atoms with van der Waals surface area (Å²) in [5.41, 5.74) is 0. The molecule has 0 spiro atoms. The number of ether oxygens (including phenoxy) is 1. The van der Waals surface area contributed by atoms with Gasteiger partial charge in [0, 0.05) is 31.1 Å². The average Bonchev–Trinajstić information content (AvgIpc) is 2.83. The van der Waals surface area contributed by atoms with Gasteiger partial charge in [0.05, 0.1) is 6.61 Å². The van der Waals surface area contributed by atoms with Crippen LogP contribution < -0.4 is 4.72 Å². The summed E-state index contributed by atoms with van der Waals surface area (Å²) >= 11 is 1.19. The van der Waals surface area contributed by atoms with Crippen LogP contribution in [0, 0.1) is 5.92 Å². The van der Waals surface area contributed by atoms with Crippen LogP contribution in [0.1, 0.15) is 25.1 Å². The Hall–Kier alpha value is -0.470. The van der Waals surface area contributed by atoms with Crippen LogP contribution in [0.3, 0.4) is 0 Å². The first-order chi connectivity index (χ1) is 9.45. The molecule has 0 amide bonds. The molecule has 20 heavy (non-hydrogen) atoms. The molecule has 0 fully saturated rings. The molecule has 1 aromatic heterocycles. The molecule has 0 atom stereocenters. The Morgan fingerprint density at radius 2 is 2.10 bits per heavy atom. The van der Waals surface area contributed by atoms with Gasteiger partial charge < -0.3 is 9.84 Å². The van der Waals surface area contributed by atoms with Gasteiger partial charge in [0.15, 0.2) is 0 Å². The SMILES string of the molecule is CC(C)CCOCCNS(=O)(=O)c1ccc(CCO)s1. The van der Waals surface area contributed by atoms with Gasteiger partial charge in [-0.1, -0.05) is 13.8 Å². The molecule has 0 unspecified atom stereocenters. The van der Waals surface area contributed by atoms with Crippen LogP contribution >= 0.6 is 11.3 Å². The lowest BCUT2D eigenvalue weighted by molar-refractivity contribution is 0.128. The fraction of sp³-hybridized carbons (Fsp3) is 0.692. The molecule has 0 bridgehead atoms. The topological polar surface area (TPSA) is 75.6 Å². The number of sulfonamides is 1. The zero-order valence-corrected chi connectivity index (χ0v) is 13.6. The van der Waals surface area contributed by atoms with Crippen LogP contribution in [0.15, 0.2) is 16.3 Å². The molecular formula is C13H23NO4S2. The van der Waals surface area contributed by atoms with E-state index in [2.05, 4.69) is 18.6 Å². The zero-order valence-electron chi connectivity index (χ0n) is 12.0. The van der Waals surface area contributed by atoms with Crippen LogP contribution in [-0.4, -0.2) is 39.9 Å². The highest BCUT2D eigenvalue weighted by atomic mass is 32.2. The van der Waals surface area contributed by atoms with E-state index >= 15 is 0 Å². The van der Waals surface area contributed by atoms with Gasteiger partial charge in [0.25, 0.3) is 0 Å². The molecule has 7 heteroatoms. The zero-order chi connectivity index (χ0) is 15.0. The van der Waals surface area contributed by atoms with E-state index in [4.69, 9.17) is 9.84 Å². The average molecular weight is 321 g/mol. The predicted molar refractivity (Wildman–Crippen MR) is 80.6 cm³/mol. The number of thiophene rings is 1. The van der Waals surface area contributed by atoms with Crippen molar-refractivity contribution in [1.29, 1.82) is 0 Å². The van der Waals surface area contributed by atoms with Gasteiger partial charge in [0.1, 0.15) is 4.21 Å². The number of hydrogen-bond donors (Lipinski definition) is 2. The summed E-state index contributed by atoms with van der Waals surface area (Å²) < 4.78 is 32.1. The summed E-state index contributed by atoms with van der Waals surface area (Å²) in [6, 6.07) is 3.30. The Balaban J connectivity index is 2.33. The van der Waals surface area contributed by atoms with Crippen molar-refractivity contribution < 1.29 is 18.3 Å². The van der Waals surface area contributed by atoms with Gasteiger partial charge in [-0.05, 0) is 24.5 Å². The van der Waals surface area contributed by atoms with Crippen LogP contribution in [0.4, 0.5) is 0 Å². The highest BCUT2D eigenvalue weighted by Crippen LogP contribution is 2.21. The number of rotatable bonds is 10. The van der Waals surface area contributed by atoms with Gasteiger partial charge in [0.2, 0.25) is 10.0 Å². The molecule has 0 aliphatic heterocycles. The third-order valence-electron chi connectivity index (χ3n) is 2.64. The van der Waals surface area contributed by atoms with E-state index in [0.29, 0.717) is 25.6 Å². The molecule has 0 aromatic carbocycles. The molecular weight excluding hydrogens is 298 g/mol. The molecule has 1 aromatic rings. The first kappa shape index (κ1) is 17.6. The second-order valence-electron chi connectivity index (χ2n) is 4.89. The number of aliphatic hydroxyl groups excluding tert-OH is 1. The molecule has 0 saturated heterocycles. The molecule has 0 radical (unpaired) electrons. The first-order valence-electron chi connectivity index (χ1n) is 6.72. The van der Waals surface area contributed by atoms with Gasteiger partial charge in [-0.15, -0.1) is 11.3 Å². The number of hydrogen-bond acceptors (Lipinski definition) is 5. The minimum absolute atomic E-state index is 0.0249. The predicted octanol–water partition coefficient (Wildman–Crippen LogP) is 1.62. The van der Waals surface area contributed by atoms with Crippen molar-refractivity contribution in [3.05, 3.63) is 17.0 Å². The highest BCUT2D eigenvalue weighted by molar-refractivity contribution is 7.91. The molecule has 1 heterocycles. The summed E-state index contributed by atoms with van der Waals surface area (Å²) in [7, 11) is -3.45. The Labute approximate surface area is 125 Å². The summed E-state index contributed by atoms with van der Waals surface area (Å²) in [6.07, 6.45) is 1.46. The van der Waals surface area contributed by atoms with Crippen molar-refractivity contribution in [1.82, 2.24) is 4.72 Å². The lowest BCUT2D eigenvalue weighted by Gasteiger charge is -2.07. The Bertz CT molecular complexity index is 482. The van der Waals surface area contributed by atoms with E-state index in [9.17, 15) is 8.42 Å². The fourth-order valence-electron chi connectivity index (χ4n) is 1.49. The first-order valence-corrected chi connectivity index (χ1v) is 9.02. The third kappa shape index (κ3) is 6.32. The molecule has 116 valence electrons. The number of aliphatic hydroxyl groups is 1. The molecule has 0 saturated carbocycles. The van der Waals surface area contributed by atoms with Gasteiger partial charge >= 0.3 is 0 Å². The van der Waals surface area contributed by atoms with Crippen molar-refractivity contribution >= 4 is 21.4 Å². The molecule has 5 nitrogen and oxygen atoms in total. The van der Waals surface area contributed by atoms with Crippen LogP contribution in [0.25, 0.3) is 0 Å². The fourth-order valence-corrected chi connectivity index (χ4v) is 3.89. The maximum atomic E-state index is 12.0. The van der Waals surface area contributed by atoms with Crippen molar-refractivity contribution in [3.8, 4) is 0 Å². The van der Waals surface area contributed by atoms with Gasteiger partial charge in [-0.2, -0.15) is 0 Å². The molecule has 0 aliphatic rings. The molecule has 0 aliphatic carbocycles. The smallest absolute Gasteiger partial charge is 0.250 e. The number of nitrogens with one attached hydrogen (secondary N) is 1. The lowest BCUT2D eigenvalue weighted by atomic mass is 10.1. The standard InChI is InChI=1S/C13H23NO4S2/c1-11(2)6-9-18-10-7-14-20(16,17)13-4-3-12(19-13)5-8-15/h3-4,11,14-15H,5-10H2,1-2H3. The normalized spacial score (nSPS) is 12.2. The van der Waals surface area contributed by atoms with E-state index in [1.54, 1.807) is 12.1 Å². The van der Waals surface area contributed by atoms with Crippen molar-refractivity contribution in [2.75, 3.05) is 26.4 Å². The Kier molecular flexibility index (Phi) is 7.68. The molecule has 1 rings (SSSR count). The third-order valence-corrected chi connectivity index (χ3v) is 5.74. The largest absolute Gasteiger partial charge is 0.396 e. The second-order valence-corrected chi connectivity index (χ2v) is 8.05. The summed E-state index contributed by atoms with van der Waals surface area (Å²) in [4.78, 5) is 0.862. The summed E-state index contributed by atoms with van der Waals surface area (Å²) in [6.45, 7) is 5.56. The van der Waals surface area contributed by atoms with E-state index in [0.717, 1.165) is 11.3 Å². The Morgan fingerprint density at radius 3 is 2.75 bits per heavy atom. The lowest BCUT2D eigenvalue weighted by Crippen LogP contribution is -2.27. The van der Waals surface area contributed by atoms with Crippen LogP contribution in [0.5, 0.6) is 0 Å². The quantitative estimate of drug-likeness (QED) is 0.642. The van der Waals surface area contributed by atoms with Gasteiger partial charge in [-0.3, -0.25) is 0 Å². The van der Waals surface area contributed by atoms with E-state index in [-0.39, 0.29) is 17.4 Å². The summed E-state index contributed by atoms with van der Waals surface area (Å²) in [5.74, 6) is 0.586. The minimum Gasteiger partial charge on any atom is -0.396 e. The maximum absolute atomic E-state index is 12.0. The Morgan fingerprint density at radius 1 is 1.35 bits per heavy atom. The highest BCUT2D eigenvalue weighted by Gasteiger charge is 2.15. The molecule has 2 N–H and O–H groups in total. The minimum atomic E-state index is -3.45. The maximum Gasteiger partial charge on any atom is 0.250 e. The van der Waals surface area contributed by atoms with E-state index < -0.39 is 10.0 Å². The van der Waals surface area contributed by atoms with E-state index in [1.165, 1.54) is 11.3 Å². The van der Waals surface area contributed by atoms with Crippen LogP contribution in [-0.2, 0) is 21.2 Å². The van der Waals surface area contributed by atoms with Crippen molar-refractivity contribution in [2.45, 2.75) is 30.9 Å². The van der Waals surface area contributed by atoms with Crippen molar-refractivity contribution in [3.63, 3.8) is 0 Å². The van der Waals surface area contributed by atoms with E-state index in [1.807, 2.05) is 0 Å². The second kappa shape index (κ2) is 8.74. The monoisotopic (exact) mass is 321 g/mol. The van der Waals surface area contributed by atoms with Crippen LogP contribution in [0.2, 0.25) is 0 Å².